The van der Waals surface area contributed by atoms with Crippen LogP contribution < -0.4 is 0 Å². The quantitative estimate of drug-likeness (QED) is 0.715. The Balaban J connectivity index is 2.43. The molecule has 1 atom stereocenters. The molecule has 0 aliphatic rings. The Morgan fingerprint density at radius 1 is 1.21 bits per heavy atom. The van der Waals surface area contributed by atoms with Crippen molar-refractivity contribution in [2.45, 2.75) is 38.7 Å². The fourth-order valence-electron chi connectivity index (χ4n) is 1.44. The molecule has 0 radical (unpaired) electrons. The van der Waals surface area contributed by atoms with Gasteiger partial charge in [0.25, 0.3) is 0 Å². The molecule has 0 aliphatic carbocycles. The summed E-state index contributed by atoms with van der Waals surface area (Å²) < 4.78 is 12.6. The molecular formula is C12H17FO. The number of rotatable bonds is 5. The van der Waals surface area contributed by atoms with E-state index >= 15 is 0 Å². The maximum Gasteiger partial charge on any atom is 0.123 e. The van der Waals surface area contributed by atoms with Crippen molar-refractivity contribution in [1.29, 1.82) is 0 Å². The lowest BCUT2D eigenvalue weighted by atomic mass is 10.0. The minimum absolute atomic E-state index is 0.255. The van der Waals surface area contributed by atoms with Crippen LogP contribution in [0.15, 0.2) is 24.3 Å². The van der Waals surface area contributed by atoms with Crippen LogP contribution in [-0.2, 0) is 0 Å². The highest BCUT2D eigenvalue weighted by molar-refractivity contribution is 5.18. The van der Waals surface area contributed by atoms with Crippen LogP contribution in [-0.4, -0.2) is 5.11 Å². The van der Waals surface area contributed by atoms with Crippen molar-refractivity contribution in [3.63, 3.8) is 0 Å². The van der Waals surface area contributed by atoms with E-state index in [-0.39, 0.29) is 5.82 Å². The molecule has 78 valence electrons. The van der Waals surface area contributed by atoms with E-state index in [0.717, 1.165) is 31.2 Å². The number of aliphatic hydroxyl groups excluding tert-OH is 1. The SMILES string of the molecule is CCCCC[C@@H](O)c1ccc(F)cc1. The fraction of sp³-hybridized carbons (Fsp3) is 0.500. The first-order chi connectivity index (χ1) is 6.74. The molecule has 0 spiro atoms. The Labute approximate surface area is 84.6 Å². The number of hydrogen-bond donors (Lipinski definition) is 1. The van der Waals surface area contributed by atoms with Crippen molar-refractivity contribution in [1.82, 2.24) is 0 Å². The second-order valence-corrected chi connectivity index (χ2v) is 3.56. The Morgan fingerprint density at radius 2 is 1.86 bits per heavy atom. The van der Waals surface area contributed by atoms with Crippen molar-refractivity contribution in [3.05, 3.63) is 35.6 Å². The summed E-state index contributed by atoms with van der Waals surface area (Å²) in [4.78, 5) is 0. The average Bonchev–Trinajstić information content (AvgIpc) is 2.19. The predicted molar refractivity (Wildman–Crippen MR) is 55.5 cm³/mol. The minimum atomic E-state index is -0.442. The van der Waals surface area contributed by atoms with E-state index in [0.29, 0.717) is 0 Å². The number of halogens is 1. The summed E-state index contributed by atoms with van der Waals surface area (Å²) in [6.07, 6.45) is 3.63. The molecule has 0 heterocycles. The lowest BCUT2D eigenvalue weighted by molar-refractivity contribution is 0.163. The summed E-state index contributed by atoms with van der Waals surface area (Å²) in [7, 11) is 0. The lowest BCUT2D eigenvalue weighted by Crippen LogP contribution is -1.97. The van der Waals surface area contributed by atoms with E-state index < -0.39 is 6.10 Å². The highest BCUT2D eigenvalue weighted by Gasteiger charge is 2.06. The molecule has 0 bridgehead atoms. The van der Waals surface area contributed by atoms with Crippen LogP contribution in [0.5, 0.6) is 0 Å². The van der Waals surface area contributed by atoms with Gasteiger partial charge in [0, 0.05) is 0 Å². The zero-order chi connectivity index (χ0) is 10.4. The topological polar surface area (TPSA) is 20.2 Å². The van der Waals surface area contributed by atoms with Gasteiger partial charge in [-0.05, 0) is 24.1 Å². The van der Waals surface area contributed by atoms with Crippen LogP contribution in [0.2, 0.25) is 0 Å². The molecule has 1 aromatic carbocycles. The zero-order valence-electron chi connectivity index (χ0n) is 8.54. The van der Waals surface area contributed by atoms with Gasteiger partial charge in [-0.25, -0.2) is 4.39 Å². The molecule has 0 fully saturated rings. The van der Waals surface area contributed by atoms with E-state index in [1.807, 2.05) is 0 Å². The molecular weight excluding hydrogens is 179 g/mol. The van der Waals surface area contributed by atoms with E-state index in [9.17, 15) is 9.50 Å². The van der Waals surface area contributed by atoms with E-state index in [1.54, 1.807) is 12.1 Å². The molecule has 0 unspecified atom stereocenters. The number of hydrogen-bond acceptors (Lipinski definition) is 1. The minimum Gasteiger partial charge on any atom is -0.388 e. The molecule has 0 saturated carbocycles. The molecule has 1 N–H and O–H groups in total. The van der Waals surface area contributed by atoms with Gasteiger partial charge in [0.05, 0.1) is 6.10 Å². The first-order valence-corrected chi connectivity index (χ1v) is 5.17. The van der Waals surface area contributed by atoms with Crippen molar-refractivity contribution in [2.75, 3.05) is 0 Å². The summed E-state index contributed by atoms with van der Waals surface area (Å²) in [6, 6.07) is 6.06. The first-order valence-electron chi connectivity index (χ1n) is 5.17. The molecule has 1 nitrogen and oxygen atoms in total. The predicted octanol–water partition coefficient (Wildman–Crippen LogP) is 3.44. The maximum atomic E-state index is 12.6. The highest BCUT2D eigenvalue weighted by atomic mass is 19.1. The van der Waals surface area contributed by atoms with Gasteiger partial charge in [-0.2, -0.15) is 0 Å². The van der Waals surface area contributed by atoms with Crippen molar-refractivity contribution in [2.24, 2.45) is 0 Å². The Bertz CT molecular complexity index is 256. The van der Waals surface area contributed by atoms with Crippen LogP contribution in [0.25, 0.3) is 0 Å². The van der Waals surface area contributed by atoms with Gasteiger partial charge < -0.3 is 5.11 Å². The van der Waals surface area contributed by atoms with Gasteiger partial charge in [-0.3, -0.25) is 0 Å². The Hall–Kier alpha value is -0.890. The molecule has 0 aromatic heterocycles. The highest BCUT2D eigenvalue weighted by Crippen LogP contribution is 2.19. The van der Waals surface area contributed by atoms with E-state index in [1.165, 1.54) is 12.1 Å². The third-order valence-corrected chi connectivity index (χ3v) is 2.34. The van der Waals surface area contributed by atoms with Crippen molar-refractivity contribution in [3.8, 4) is 0 Å². The number of benzene rings is 1. The Morgan fingerprint density at radius 3 is 2.43 bits per heavy atom. The first kappa shape index (κ1) is 11.2. The van der Waals surface area contributed by atoms with Crippen molar-refractivity contribution >= 4 is 0 Å². The van der Waals surface area contributed by atoms with Crippen LogP contribution in [0.1, 0.15) is 44.3 Å². The van der Waals surface area contributed by atoms with Gasteiger partial charge >= 0.3 is 0 Å². The maximum absolute atomic E-state index is 12.6. The third kappa shape index (κ3) is 3.46. The van der Waals surface area contributed by atoms with Gasteiger partial charge in [-0.1, -0.05) is 38.3 Å². The smallest absolute Gasteiger partial charge is 0.123 e. The zero-order valence-corrected chi connectivity index (χ0v) is 8.54. The second kappa shape index (κ2) is 5.76. The van der Waals surface area contributed by atoms with Gasteiger partial charge in [-0.15, -0.1) is 0 Å². The fourth-order valence-corrected chi connectivity index (χ4v) is 1.44. The van der Waals surface area contributed by atoms with Crippen LogP contribution in [0, 0.1) is 5.82 Å². The standard InChI is InChI=1S/C12H17FO/c1-2-3-4-5-12(14)10-6-8-11(13)9-7-10/h6-9,12,14H,2-5H2,1H3/t12-/m1/s1. The molecule has 0 saturated heterocycles. The molecule has 0 amide bonds. The summed E-state index contributed by atoms with van der Waals surface area (Å²) in [5.41, 5.74) is 0.808. The normalized spacial score (nSPS) is 12.8. The van der Waals surface area contributed by atoms with Crippen LogP contribution in [0.4, 0.5) is 4.39 Å². The van der Waals surface area contributed by atoms with Gasteiger partial charge in [0.1, 0.15) is 5.82 Å². The second-order valence-electron chi connectivity index (χ2n) is 3.56. The molecule has 1 aromatic rings. The monoisotopic (exact) mass is 196 g/mol. The molecule has 2 heteroatoms. The summed E-state index contributed by atoms with van der Waals surface area (Å²) in [5.74, 6) is -0.255. The molecule has 14 heavy (non-hydrogen) atoms. The van der Waals surface area contributed by atoms with Crippen LogP contribution in [0.3, 0.4) is 0 Å². The summed E-state index contributed by atoms with van der Waals surface area (Å²) in [6.45, 7) is 2.13. The molecule has 0 aliphatic heterocycles. The Kier molecular flexibility index (Phi) is 4.60. The van der Waals surface area contributed by atoms with E-state index in [4.69, 9.17) is 0 Å². The molecule has 1 rings (SSSR count). The average molecular weight is 196 g/mol. The van der Waals surface area contributed by atoms with Crippen molar-refractivity contribution < 1.29 is 9.50 Å². The third-order valence-electron chi connectivity index (χ3n) is 2.34. The largest absolute Gasteiger partial charge is 0.388 e. The lowest BCUT2D eigenvalue weighted by Gasteiger charge is -2.09. The number of aliphatic hydroxyl groups is 1. The summed E-state index contributed by atoms with van der Waals surface area (Å²) in [5, 5.41) is 9.72. The summed E-state index contributed by atoms with van der Waals surface area (Å²) >= 11 is 0. The van der Waals surface area contributed by atoms with Gasteiger partial charge in [0.2, 0.25) is 0 Å². The van der Waals surface area contributed by atoms with E-state index in [2.05, 4.69) is 6.92 Å². The number of unbranched alkanes of at least 4 members (excludes halogenated alkanes) is 2. The van der Waals surface area contributed by atoms with Gasteiger partial charge in [0.15, 0.2) is 0 Å². The van der Waals surface area contributed by atoms with Crippen LogP contribution >= 0.6 is 0 Å².